The molecule has 0 saturated carbocycles. The largest absolute Gasteiger partial charge is 0.380 e. The summed E-state index contributed by atoms with van der Waals surface area (Å²) in [5.74, 6) is -2.68. The fourth-order valence-corrected chi connectivity index (χ4v) is 1.36. The Kier molecular flexibility index (Phi) is 4.52. The summed E-state index contributed by atoms with van der Waals surface area (Å²) in [4.78, 5) is 11.4. The smallest absolute Gasteiger partial charge is 0.169 e. The van der Waals surface area contributed by atoms with Gasteiger partial charge < -0.3 is 10.5 Å². The van der Waals surface area contributed by atoms with Gasteiger partial charge in [-0.05, 0) is 24.2 Å². The first-order valence-electron chi connectivity index (χ1n) is 4.80. The molecule has 88 valence electrons. The molecule has 2 N–H and O–H groups in total. The van der Waals surface area contributed by atoms with Gasteiger partial charge in [-0.3, -0.25) is 4.79 Å². The van der Waals surface area contributed by atoms with Crippen molar-refractivity contribution in [3.8, 4) is 0 Å². The summed E-state index contributed by atoms with van der Waals surface area (Å²) in [5, 5.41) is 0. The molecule has 1 aromatic rings. The Hall–Kier alpha value is -1.33. The van der Waals surface area contributed by atoms with Gasteiger partial charge in [0.2, 0.25) is 0 Å². The number of ether oxygens (including phenoxy) is 1. The van der Waals surface area contributed by atoms with E-state index in [0.717, 1.165) is 6.07 Å². The van der Waals surface area contributed by atoms with Gasteiger partial charge in [0.15, 0.2) is 17.4 Å². The molecule has 3 nitrogen and oxygen atoms in total. The summed E-state index contributed by atoms with van der Waals surface area (Å²) in [7, 11) is 1.43. The molecule has 0 aromatic heterocycles. The van der Waals surface area contributed by atoms with Crippen LogP contribution in [0.2, 0.25) is 0 Å². The predicted molar refractivity (Wildman–Crippen MR) is 55.1 cm³/mol. The number of rotatable bonds is 5. The highest BCUT2D eigenvalue weighted by Crippen LogP contribution is 2.17. The highest BCUT2D eigenvalue weighted by Gasteiger charge is 2.16. The minimum absolute atomic E-state index is 0.00715. The normalized spacial score (nSPS) is 10.5. The van der Waals surface area contributed by atoms with E-state index in [1.807, 2.05) is 0 Å². The van der Waals surface area contributed by atoms with E-state index < -0.39 is 17.4 Å². The van der Waals surface area contributed by atoms with Gasteiger partial charge in [0, 0.05) is 13.5 Å². The van der Waals surface area contributed by atoms with Crippen molar-refractivity contribution in [1.82, 2.24) is 0 Å². The number of ketones is 1. The molecule has 5 heteroatoms. The van der Waals surface area contributed by atoms with Crippen LogP contribution in [0, 0.1) is 11.6 Å². The molecule has 0 fully saturated rings. The lowest BCUT2D eigenvalue weighted by Crippen LogP contribution is -2.11. The van der Waals surface area contributed by atoms with Gasteiger partial charge in [-0.15, -0.1) is 0 Å². The van der Waals surface area contributed by atoms with Crippen molar-refractivity contribution in [1.29, 1.82) is 0 Å². The summed E-state index contributed by atoms with van der Waals surface area (Å²) in [6.45, 7) is 0.231. The second kappa shape index (κ2) is 5.67. The molecule has 0 unspecified atom stereocenters. The number of benzene rings is 1. The Bertz CT molecular complexity index is 394. The van der Waals surface area contributed by atoms with Crippen molar-refractivity contribution in [2.45, 2.75) is 13.0 Å². The summed E-state index contributed by atoms with van der Waals surface area (Å²) < 4.78 is 31.3. The number of nitrogens with two attached hydrogens (primary N) is 1. The maximum atomic E-state index is 13.3. The lowest BCUT2D eigenvalue weighted by Gasteiger charge is -2.06. The quantitative estimate of drug-likeness (QED) is 0.781. The van der Waals surface area contributed by atoms with Crippen molar-refractivity contribution < 1.29 is 18.3 Å². The molecule has 1 aromatic carbocycles. The Morgan fingerprint density at radius 1 is 1.44 bits per heavy atom. The van der Waals surface area contributed by atoms with Crippen LogP contribution < -0.4 is 5.73 Å². The first-order valence-corrected chi connectivity index (χ1v) is 4.80. The number of halogens is 2. The highest BCUT2D eigenvalue weighted by atomic mass is 19.2. The SMILES string of the molecule is COCc1cc(F)c(F)c(C(=O)CCN)c1. The molecule has 16 heavy (non-hydrogen) atoms. The van der Waals surface area contributed by atoms with Crippen LogP contribution in [0.25, 0.3) is 0 Å². The monoisotopic (exact) mass is 229 g/mol. The minimum atomic E-state index is -1.13. The van der Waals surface area contributed by atoms with Crippen molar-refractivity contribution in [3.05, 3.63) is 34.9 Å². The molecule has 0 amide bonds. The number of Topliss-reactive ketones (excluding diaryl/α,β-unsaturated/α-hetero) is 1. The predicted octanol–water partition coefficient (Wildman–Crippen LogP) is 1.64. The molecule has 1 rings (SSSR count). The van der Waals surface area contributed by atoms with E-state index in [-0.39, 0.29) is 25.1 Å². The number of hydrogen-bond donors (Lipinski definition) is 1. The van der Waals surface area contributed by atoms with Gasteiger partial charge in [-0.2, -0.15) is 0 Å². The average Bonchev–Trinajstić information content (AvgIpc) is 2.23. The van der Waals surface area contributed by atoms with Gasteiger partial charge in [-0.1, -0.05) is 0 Å². The van der Waals surface area contributed by atoms with Crippen molar-refractivity contribution in [2.24, 2.45) is 5.73 Å². The zero-order valence-electron chi connectivity index (χ0n) is 8.93. The van der Waals surface area contributed by atoms with E-state index in [1.165, 1.54) is 13.2 Å². The third-order valence-corrected chi connectivity index (χ3v) is 2.07. The summed E-state index contributed by atoms with van der Waals surface area (Å²) in [6.07, 6.45) is -0.00715. The number of carbonyl (C=O) groups is 1. The van der Waals surface area contributed by atoms with Gasteiger partial charge in [-0.25, -0.2) is 8.78 Å². The van der Waals surface area contributed by atoms with Crippen LogP contribution in [-0.4, -0.2) is 19.4 Å². The Morgan fingerprint density at radius 3 is 2.69 bits per heavy atom. The molecule has 0 spiro atoms. The van der Waals surface area contributed by atoms with Crippen LogP contribution in [0.4, 0.5) is 8.78 Å². The summed E-state index contributed by atoms with van der Waals surface area (Å²) in [6, 6.07) is 2.30. The Labute approximate surface area is 92.2 Å². The fraction of sp³-hybridized carbons (Fsp3) is 0.364. The zero-order valence-corrected chi connectivity index (χ0v) is 8.93. The lowest BCUT2D eigenvalue weighted by atomic mass is 10.0. The molecule has 0 saturated heterocycles. The van der Waals surface area contributed by atoms with Gasteiger partial charge in [0.1, 0.15) is 0 Å². The molecule has 0 aliphatic heterocycles. The standard InChI is InChI=1S/C11H13F2NO2/c1-16-6-7-4-8(10(15)2-3-14)11(13)9(12)5-7/h4-5H,2-3,6,14H2,1H3. The molecule has 0 radical (unpaired) electrons. The van der Waals surface area contributed by atoms with Gasteiger partial charge in [0.05, 0.1) is 12.2 Å². The van der Waals surface area contributed by atoms with Crippen LogP contribution in [0.5, 0.6) is 0 Å². The van der Waals surface area contributed by atoms with E-state index in [9.17, 15) is 13.6 Å². The van der Waals surface area contributed by atoms with Crippen molar-refractivity contribution >= 4 is 5.78 Å². The first kappa shape index (κ1) is 12.7. The maximum absolute atomic E-state index is 13.3. The van der Waals surface area contributed by atoms with E-state index >= 15 is 0 Å². The lowest BCUT2D eigenvalue weighted by molar-refractivity contribution is 0.0980. The van der Waals surface area contributed by atoms with Crippen LogP contribution in [-0.2, 0) is 11.3 Å². The Morgan fingerprint density at radius 2 is 2.12 bits per heavy atom. The van der Waals surface area contributed by atoms with Gasteiger partial charge in [0.25, 0.3) is 0 Å². The number of carbonyl (C=O) groups excluding carboxylic acids is 1. The third kappa shape index (κ3) is 2.84. The van der Waals surface area contributed by atoms with Crippen molar-refractivity contribution in [2.75, 3.05) is 13.7 Å². The second-order valence-electron chi connectivity index (χ2n) is 3.33. The number of methoxy groups -OCH3 is 1. The highest BCUT2D eigenvalue weighted by molar-refractivity contribution is 5.96. The van der Waals surface area contributed by atoms with E-state index in [0.29, 0.717) is 5.56 Å². The minimum Gasteiger partial charge on any atom is -0.380 e. The van der Waals surface area contributed by atoms with Crippen LogP contribution >= 0.6 is 0 Å². The van der Waals surface area contributed by atoms with Crippen LogP contribution in [0.3, 0.4) is 0 Å². The van der Waals surface area contributed by atoms with E-state index in [1.54, 1.807) is 0 Å². The summed E-state index contributed by atoms with van der Waals surface area (Å²) >= 11 is 0. The third-order valence-electron chi connectivity index (χ3n) is 2.07. The maximum Gasteiger partial charge on any atom is 0.169 e. The molecule has 0 aliphatic rings. The molecule has 0 bridgehead atoms. The molecule has 0 aliphatic carbocycles. The topological polar surface area (TPSA) is 52.3 Å². The first-order chi connectivity index (χ1) is 7.60. The van der Waals surface area contributed by atoms with Crippen LogP contribution in [0.15, 0.2) is 12.1 Å². The molecular weight excluding hydrogens is 216 g/mol. The Balaban J connectivity index is 3.10. The second-order valence-corrected chi connectivity index (χ2v) is 3.33. The zero-order chi connectivity index (χ0) is 12.1. The van der Waals surface area contributed by atoms with E-state index in [4.69, 9.17) is 10.5 Å². The molecule has 0 heterocycles. The van der Waals surface area contributed by atoms with Crippen molar-refractivity contribution in [3.63, 3.8) is 0 Å². The summed E-state index contributed by atoms with van der Waals surface area (Å²) in [5.41, 5.74) is 5.34. The molecular formula is C11H13F2NO2. The number of hydrogen-bond acceptors (Lipinski definition) is 3. The average molecular weight is 229 g/mol. The van der Waals surface area contributed by atoms with Gasteiger partial charge >= 0.3 is 0 Å². The van der Waals surface area contributed by atoms with E-state index in [2.05, 4.69) is 0 Å². The molecule has 0 atom stereocenters. The fourth-order valence-electron chi connectivity index (χ4n) is 1.36. The van der Waals surface area contributed by atoms with Crippen LogP contribution in [0.1, 0.15) is 22.3 Å².